The first-order valence-electron chi connectivity index (χ1n) is 5.67. The number of hydrogen-bond acceptors (Lipinski definition) is 2. The molecule has 1 atom stereocenters. The van der Waals surface area contributed by atoms with Crippen molar-refractivity contribution in [3.05, 3.63) is 35.4 Å². The Balaban J connectivity index is 3.13. The zero-order valence-corrected chi connectivity index (χ0v) is 11.8. The van der Waals surface area contributed by atoms with E-state index in [1.54, 1.807) is 6.92 Å². The summed E-state index contributed by atoms with van der Waals surface area (Å²) in [4.78, 5) is 9.84. The minimum atomic E-state index is -4.43. The maximum absolute atomic E-state index is 12.4. The summed E-state index contributed by atoms with van der Waals surface area (Å²) in [6, 6.07) is 4.18. The van der Waals surface area contributed by atoms with E-state index >= 15 is 0 Å². The van der Waals surface area contributed by atoms with Crippen LogP contribution in [0.25, 0.3) is 0 Å². The molecule has 0 aliphatic rings. The van der Waals surface area contributed by atoms with Crippen LogP contribution in [0, 0.1) is 0 Å². The number of alkyl halides is 3. The van der Waals surface area contributed by atoms with Gasteiger partial charge < -0.3 is 9.42 Å². The summed E-state index contributed by atoms with van der Waals surface area (Å²) in [6.45, 7) is 4.56. The molecule has 0 spiro atoms. The summed E-state index contributed by atoms with van der Waals surface area (Å²) in [7, 11) is -3.95. The van der Waals surface area contributed by atoms with Crippen molar-refractivity contribution < 1.29 is 27.2 Å². The third-order valence-corrected chi connectivity index (χ3v) is 5.21. The smallest absolute Gasteiger partial charge is 0.324 e. The molecule has 3 nitrogen and oxygen atoms in total. The zero-order chi connectivity index (χ0) is 14.9. The summed E-state index contributed by atoms with van der Waals surface area (Å²) < 4.78 is 54.2. The van der Waals surface area contributed by atoms with Gasteiger partial charge in [0, 0.05) is 0 Å². The van der Waals surface area contributed by atoms with Crippen molar-refractivity contribution in [3.8, 4) is 0 Å². The van der Waals surface area contributed by atoms with Gasteiger partial charge in [0.25, 0.3) is 0 Å². The third-order valence-electron chi connectivity index (χ3n) is 2.93. The van der Waals surface area contributed by atoms with Gasteiger partial charge in [-0.2, -0.15) is 13.2 Å². The van der Waals surface area contributed by atoms with Crippen LogP contribution in [-0.2, 0) is 20.4 Å². The van der Waals surface area contributed by atoms with E-state index in [0.717, 1.165) is 12.1 Å². The first-order chi connectivity index (χ1) is 8.52. The van der Waals surface area contributed by atoms with Crippen LogP contribution in [0.15, 0.2) is 24.3 Å². The first kappa shape index (κ1) is 16.2. The summed E-state index contributed by atoms with van der Waals surface area (Å²) in [5, 5.41) is -1.27. The quantitative estimate of drug-likeness (QED) is 0.848. The molecule has 0 radical (unpaired) electrons. The van der Waals surface area contributed by atoms with E-state index in [1.807, 2.05) is 0 Å². The Hall–Kier alpha value is -0.840. The molecule has 0 amide bonds. The van der Waals surface area contributed by atoms with E-state index in [0.29, 0.717) is 5.56 Å². The lowest BCUT2D eigenvalue weighted by molar-refractivity contribution is -0.137. The molecule has 0 saturated carbocycles. The molecule has 1 aromatic carbocycles. The number of rotatable bonds is 4. The summed E-state index contributed by atoms with van der Waals surface area (Å²) in [5.74, 6) is 0. The average Bonchev–Trinajstić information content (AvgIpc) is 2.27. The molecule has 1 unspecified atom stereocenters. The van der Waals surface area contributed by atoms with Crippen LogP contribution in [0.3, 0.4) is 0 Å². The molecule has 0 aliphatic carbocycles. The van der Waals surface area contributed by atoms with Crippen LogP contribution in [0.1, 0.15) is 31.9 Å². The molecular weight excluding hydrogens is 280 g/mol. The van der Waals surface area contributed by atoms with E-state index in [9.17, 15) is 22.6 Å². The largest absolute Gasteiger partial charge is 0.416 e. The van der Waals surface area contributed by atoms with Crippen molar-refractivity contribution in [2.75, 3.05) is 6.61 Å². The van der Waals surface area contributed by atoms with Crippen LogP contribution in [-0.4, -0.2) is 11.5 Å². The highest BCUT2D eigenvalue weighted by Crippen LogP contribution is 2.60. The molecular formula is C12H16F3O3P. The Morgan fingerprint density at radius 2 is 1.58 bits per heavy atom. The van der Waals surface area contributed by atoms with Gasteiger partial charge in [0.15, 0.2) is 0 Å². The fourth-order valence-electron chi connectivity index (χ4n) is 1.57. The lowest BCUT2D eigenvalue weighted by atomic mass is 10.0. The predicted octanol–water partition coefficient (Wildman–Crippen LogP) is 4.16. The summed E-state index contributed by atoms with van der Waals surface area (Å²) in [5.41, 5.74) is -0.476. The summed E-state index contributed by atoms with van der Waals surface area (Å²) in [6.07, 6.45) is -4.43. The van der Waals surface area contributed by atoms with Gasteiger partial charge in [-0.05, 0) is 38.5 Å². The molecule has 0 fully saturated rings. The lowest BCUT2D eigenvalue weighted by Crippen LogP contribution is -2.19. The Morgan fingerprint density at radius 1 is 1.16 bits per heavy atom. The van der Waals surface area contributed by atoms with Gasteiger partial charge in [0.1, 0.15) is 0 Å². The minimum absolute atomic E-state index is 0.0534. The Kier molecular flexibility index (Phi) is 4.50. The lowest BCUT2D eigenvalue weighted by Gasteiger charge is -2.29. The number of benzene rings is 1. The highest BCUT2D eigenvalue weighted by atomic mass is 31.2. The molecule has 0 saturated heterocycles. The number of hydrogen-bond donors (Lipinski definition) is 1. The fourth-order valence-corrected chi connectivity index (χ4v) is 2.71. The summed E-state index contributed by atoms with van der Waals surface area (Å²) >= 11 is 0. The predicted molar refractivity (Wildman–Crippen MR) is 65.9 cm³/mol. The van der Waals surface area contributed by atoms with Gasteiger partial charge in [-0.25, -0.2) is 0 Å². The van der Waals surface area contributed by atoms with Crippen molar-refractivity contribution in [3.63, 3.8) is 0 Å². The normalized spacial score (nSPS) is 16.2. The fraction of sp³-hybridized carbons (Fsp3) is 0.500. The molecule has 1 N–H and O–H groups in total. The van der Waals surface area contributed by atoms with Crippen molar-refractivity contribution in [1.82, 2.24) is 0 Å². The van der Waals surface area contributed by atoms with Crippen LogP contribution in [0.2, 0.25) is 0 Å². The van der Waals surface area contributed by atoms with E-state index in [1.165, 1.54) is 26.0 Å². The monoisotopic (exact) mass is 296 g/mol. The number of halogens is 3. The molecule has 1 aromatic rings. The second-order valence-corrected chi connectivity index (χ2v) is 6.99. The SMILES string of the molecule is CCOP(=O)(O)C(C)(C)c1ccc(C(F)(F)F)cc1. The Morgan fingerprint density at radius 3 is 1.95 bits per heavy atom. The van der Waals surface area contributed by atoms with E-state index in [4.69, 9.17) is 4.52 Å². The van der Waals surface area contributed by atoms with Crippen molar-refractivity contribution in [2.24, 2.45) is 0 Å². The molecule has 0 bridgehead atoms. The van der Waals surface area contributed by atoms with Gasteiger partial charge in [0.05, 0.1) is 17.3 Å². The second kappa shape index (κ2) is 5.27. The zero-order valence-electron chi connectivity index (χ0n) is 10.9. The van der Waals surface area contributed by atoms with Crippen LogP contribution < -0.4 is 0 Å². The standard InChI is InChI=1S/C12H16F3O3P/c1-4-18-19(16,17)11(2,3)9-5-7-10(8-6-9)12(13,14)15/h5-8H,4H2,1-3H3,(H,16,17). The Bertz CT molecular complexity index is 480. The molecule has 108 valence electrons. The van der Waals surface area contributed by atoms with Gasteiger partial charge in [-0.1, -0.05) is 12.1 Å². The molecule has 7 heteroatoms. The van der Waals surface area contributed by atoms with Gasteiger partial charge in [-0.3, -0.25) is 4.57 Å². The Labute approximate surface area is 109 Å². The first-order valence-corrected chi connectivity index (χ1v) is 7.25. The third kappa shape index (κ3) is 3.38. The van der Waals surface area contributed by atoms with Crippen molar-refractivity contribution in [1.29, 1.82) is 0 Å². The maximum atomic E-state index is 12.4. The highest BCUT2D eigenvalue weighted by molar-refractivity contribution is 7.54. The average molecular weight is 296 g/mol. The van der Waals surface area contributed by atoms with E-state index in [2.05, 4.69) is 0 Å². The minimum Gasteiger partial charge on any atom is -0.324 e. The maximum Gasteiger partial charge on any atom is 0.416 e. The topological polar surface area (TPSA) is 46.5 Å². The molecule has 0 heterocycles. The van der Waals surface area contributed by atoms with Crippen LogP contribution >= 0.6 is 7.60 Å². The van der Waals surface area contributed by atoms with E-state index in [-0.39, 0.29) is 6.61 Å². The molecule has 1 rings (SSSR count). The molecule has 19 heavy (non-hydrogen) atoms. The molecule has 0 aromatic heterocycles. The second-order valence-electron chi connectivity index (χ2n) is 4.57. The van der Waals surface area contributed by atoms with Crippen LogP contribution in [0.4, 0.5) is 13.2 Å². The van der Waals surface area contributed by atoms with Gasteiger partial charge in [0.2, 0.25) is 0 Å². The van der Waals surface area contributed by atoms with E-state index < -0.39 is 24.5 Å². The van der Waals surface area contributed by atoms with Crippen LogP contribution in [0.5, 0.6) is 0 Å². The molecule has 0 aliphatic heterocycles. The van der Waals surface area contributed by atoms with Gasteiger partial charge in [-0.15, -0.1) is 0 Å². The van der Waals surface area contributed by atoms with Gasteiger partial charge >= 0.3 is 13.8 Å². The highest BCUT2D eigenvalue weighted by Gasteiger charge is 2.42. The van der Waals surface area contributed by atoms with Crippen molar-refractivity contribution in [2.45, 2.75) is 32.1 Å². The van der Waals surface area contributed by atoms with Crippen molar-refractivity contribution >= 4 is 7.60 Å².